The third-order valence-corrected chi connectivity index (χ3v) is 5.88. The van der Waals surface area contributed by atoms with Gasteiger partial charge in [-0.1, -0.05) is 36.6 Å². The first-order valence-electron chi connectivity index (χ1n) is 9.92. The van der Waals surface area contributed by atoms with Gasteiger partial charge in [0.25, 0.3) is 0 Å². The number of nitrogens with one attached hydrogen (secondary N) is 1. The standard InChI is InChI=1S/C22H25ClN4O/c1-14-19(11-12-22(28)25-18-5-3-4-6-18)15(2)27-21(24-14)13-20(26-27)16-7-9-17(23)10-8-16/h7-10,13,18H,3-6,11-12H2,1-2H3,(H,25,28). The number of carbonyl (C=O) groups excluding carboxylic acids is 1. The lowest BCUT2D eigenvalue weighted by Gasteiger charge is -2.13. The Kier molecular flexibility index (Phi) is 5.36. The van der Waals surface area contributed by atoms with Crippen LogP contribution >= 0.6 is 11.6 Å². The molecule has 3 aromatic rings. The molecule has 146 valence electrons. The highest BCUT2D eigenvalue weighted by atomic mass is 35.5. The highest BCUT2D eigenvalue weighted by Gasteiger charge is 2.18. The molecular formula is C22H25ClN4O. The fourth-order valence-corrected chi connectivity index (χ4v) is 4.18. The molecule has 2 heterocycles. The molecule has 0 saturated heterocycles. The Hall–Kier alpha value is -2.40. The number of hydrogen-bond acceptors (Lipinski definition) is 3. The van der Waals surface area contributed by atoms with Crippen LogP contribution in [0.2, 0.25) is 5.02 Å². The van der Waals surface area contributed by atoms with E-state index in [2.05, 4.69) is 5.32 Å². The van der Waals surface area contributed by atoms with E-state index in [-0.39, 0.29) is 5.91 Å². The van der Waals surface area contributed by atoms with Crippen LogP contribution in [0, 0.1) is 13.8 Å². The topological polar surface area (TPSA) is 59.3 Å². The van der Waals surface area contributed by atoms with Crippen molar-refractivity contribution in [2.45, 2.75) is 58.4 Å². The maximum atomic E-state index is 12.3. The molecule has 0 spiro atoms. The second kappa shape index (κ2) is 7.92. The molecule has 1 amide bonds. The molecule has 28 heavy (non-hydrogen) atoms. The molecule has 0 atom stereocenters. The van der Waals surface area contributed by atoms with E-state index in [1.807, 2.05) is 48.7 Å². The van der Waals surface area contributed by atoms with Crippen LogP contribution in [0.3, 0.4) is 0 Å². The van der Waals surface area contributed by atoms with Crippen LogP contribution in [0.1, 0.15) is 49.1 Å². The van der Waals surface area contributed by atoms with Crippen molar-refractivity contribution in [2.24, 2.45) is 0 Å². The van der Waals surface area contributed by atoms with E-state index < -0.39 is 0 Å². The molecule has 0 aliphatic heterocycles. The third kappa shape index (κ3) is 3.90. The van der Waals surface area contributed by atoms with Gasteiger partial charge in [-0.25, -0.2) is 9.50 Å². The van der Waals surface area contributed by atoms with E-state index in [1.165, 1.54) is 12.8 Å². The number of benzene rings is 1. The SMILES string of the molecule is Cc1nc2cc(-c3ccc(Cl)cc3)nn2c(C)c1CCC(=O)NC1CCCC1. The molecule has 1 fully saturated rings. The minimum atomic E-state index is 0.133. The minimum absolute atomic E-state index is 0.133. The van der Waals surface area contributed by atoms with Crippen molar-refractivity contribution >= 4 is 23.2 Å². The summed E-state index contributed by atoms with van der Waals surface area (Å²) in [4.78, 5) is 17.0. The van der Waals surface area contributed by atoms with Gasteiger partial charge < -0.3 is 5.32 Å². The van der Waals surface area contributed by atoms with Gasteiger partial charge in [-0.15, -0.1) is 0 Å². The fraction of sp³-hybridized carbons (Fsp3) is 0.409. The molecule has 1 aromatic carbocycles. The van der Waals surface area contributed by atoms with Crippen molar-refractivity contribution in [1.29, 1.82) is 0 Å². The van der Waals surface area contributed by atoms with Gasteiger partial charge in [-0.05, 0) is 50.8 Å². The van der Waals surface area contributed by atoms with Crippen molar-refractivity contribution in [3.63, 3.8) is 0 Å². The highest BCUT2D eigenvalue weighted by Crippen LogP contribution is 2.24. The van der Waals surface area contributed by atoms with Crippen LogP contribution in [0.4, 0.5) is 0 Å². The van der Waals surface area contributed by atoms with Crippen molar-refractivity contribution in [1.82, 2.24) is 19.9 Å². The van der Waals surface area contributed by atoms with E-state index in [0.29, 0.717) is 23.9 Å². The number of halogens is 1. The monoisotopic (exact) mass is 396 g/mol. The maximum Gasteiger partial charge on any atom is 0.220 e. The largest absolute Gasteiger partial charge is 0.353 e. The first kappa shape index (κ1) is 18.9. The van der Waals surface area contributed by atoms with Gasteiger partial charge in [0.2, 0.25) is 5.91 Å². The van der Waals surface area contributed by atoms with Crippen LogP contribution in [0.25, 0.3) is 16.9 Å². The van der Waals surface area contributed by atoms with Crippen LogP contribution in [-0.4, -0.2) is 26.5 Å². The number of hydrogen-bond donors (Lipinski definition) is 1. The third-order valence-electron chi connectivity index (χ3n) is 5.63. The molecule has 5 nitrogen and oxygen atoms in total. The molecule has 1 aliphatic rings. The summed E-state index contributed by atoms with van der Waals surface area (Å²) in [5.41, 5.74) is 5.78. The zero-order valence-corrected chi connectivity index (χ0v) is 17.1. The minimum Gasteiger partial charge on any atom is -0.353 e. The Balaban J connectivity index is 1.55. The first-order chi connectivity index (χ1) is 13.5. The van der Waals surface area contributed by atoms with Gasteiger partial charge in [0.15, 0.2) is 5.65 Å². The molecule has 2 aromatic heterocycles. The molecular weight excluding hydrogens is 372 g/mol. The predicted octanol–water partition coefficient (Wildman–Crippen LogP) is 4.66. The Labute approximate surface area is 170 Å². The van der Waals surface area contributed by atoms with Gasteiger partial charge in [-0.2, -0.15) is 5.10 Å². The molecule has 0 bridgehead atoms. The second-order valence-electron chi connectivity index (χ2n) is 7.62. The number of carbonyl (C=O) groups is 1. The average Bonchev–Trinajstić information content (AvgIpc) is 3.32. The van der Waals surface area contributed by atoms with E-state index >= 15 is 0 Å². The molecule has 1 saturated carbocycles. The van der Waals surface area contributed by atoms with Crippen LogP contribution in [0.5, 0.6) is 0 Å². The summed E-state index contributed by atoms with van der Waals surface area (Å²) in [7, 11) is 0. The first-order valence-corrected chi connectivity index (χ1v) is 10.3. The lowest BCUT2D eigenvalue weighted by Crippen LogP contribution is -2.32. The number of aryl methyl sites for hydroxylation is 2. The maximum absolute atomic E-state index is 12.3. The van der Waals surface area contributed by atoms with Crippen LogP contribution in [-0.2, 0) is 11.2 Å². The number of fused-ring (bicyclic) bond motifs is 1. The average molecular weight is 397 g/mol. The second-order valence-corrected chi connectivity index (χ2v) is 8.05. The molecule has 6 heteroatoms. The Morgan fingerprint density at radius 3 is 2.64 bits per heavy atom. The van der Waals surface area contributed by atoms with E-state index in [0.717, 1.165) is 46.7 Å². The smallest absolute Gasteiger partial charge is 0.220 e. The summed E-state index contributed by atoms with van der Waals surface area (Å²) in [6.45, 7) is 4.05. The van der Waals surface area contributed by atoms with E-state index in [1.54, 1.807) is 0 Å². The summed E-state index contributed by atoms with van der Waals surface area (Å²) in [6.07, 6.45) is 5.82. The lowest BCUT2D eigenvalue weighted by molar-refractivity contribution is -0.121. The Morgan fingerprint density at radius 2 is 1.93 bits per heavy atom. The zero-order chi connectivity index (χ0) is 19.7. The zero-order valence-electron chi connectivity index (χ0n) is 16.3. The van der Waals surface area contributed by atoms with Crippen molar-refractivity contribution in [3.8, 4) is 11.3 Å². The number of amides is 1. The lowest BCUT2D eigenvalue weighted by atomic mass is 10.1. The number of aromatic nitrogens is 3. The normalized spacial score (nSPS) is 14.7. The highest BCUT2D eigenvalue weighted by molar-refractivity contribution is 6.30. The summed E-state index contributed by atoms with van der Waals surface area (Å²) in [5.74, 6) is 0.133. The quantitative estimate of drug-likeness (QED) is 0.682. The van der Waals surface area contributed by atoms with Gasteiger partial charge >= 0.3 is 0 Å². The number of nitrogens with zero attached hydrogens (tertiary/aromatic N) is 3. The predicted molar refractivity (Wildman–Crippen MR) is 112 cm³/mol. The van der Waals surface area contributed by atoms with Gasteiger partial charge in [-0.3, -0.25) is 4.79 Å². The Morgan fingerprint density at radius 1 is 1.21 bits per heavy atom. The molecule has 4 rings (SSSR count). The van der Waals surface area contributed by atoms with Crippen molar-refractivity contribution in [3.05, 3.63) is 52.3 Å². The molecule has 1 aliphatic carbocycles. The van der Waals surface area contributed by atoms with Gasteiger partial charge in [0, 0.05) is 40.5 Å². The number of rotatable bonds is 5. The molecule has 0 unspecified atom stereocenters. The fourth-order valence-electron chi connectivity index (χ4n) is 4.06. The van der Waals surface area contributed by atoms with Crippen molar-refractivity contribution in [2.75, 3.05) is 0 Å². The molecule has 0 radical (unpaired) electrons. The Bertz CT molecular complexity index is 1000. The summed E-state index contributed by atoms with van der Waals surface area (Å²) < 4.78 is 1.88. The summed E-state index contributed by atoms with van der Waals surface area (Å²) >= 11 is 5.99. The van der Waals surface area contributed by atoms with Crippen LogP contribution in [0.15, 0.2) is 30.3 Å². The summed E-state index contributed by atoms with van der Waals surface area (Å²) in [6, 6.07) is 9.99. The molecule has 1 N–H and O–H groups in total. The van der Waals surface area contributed by atoms with E-state index in [9.17, 15) is 4.79 Å². The van der Waals surface area contributed by atoms with Gasteiger partial charge in [0.05, 0.1) is 5.69 Å². The van der Waals surface area contributed by atoms with Crippen molar-refractivity contribution < 1.29 is 4.79 Å². The van der Waals surface area contributed by atoms with Crippen LogP contribution < -0.4 is 5.32 Å². The van der Waals surface area contributed by atoms with Gasteiger partial charge in [0.1, 0.15) is 0 Å². The summed E-state index contributed by atoms with van der Waals surface area (Å²) in [5, 5.41) is 8.60. The van der Waals surface area contributed by atoms with E-state index in [4.69, 9.17) is 21.7 Å².